The number of benzene rings is 2. The predicted octanol–water partition coefficient (Wildman–Crippen LogP) is 5.36. The zero-order valence-corrected chi connectivity index (χ0v) is 21.1. The van der Waals surface area contributed by atoms with E-state index in [0.29, 0.717) is 33.3 Å². The van der Waals surface area contributed by atoms with Crippen molar-refractivity contribution in [2.45, 2.75) is 45.1 Å². The number of halogens is 1. The molecule has 36 heavy (non-hydrogen) atoms. The van der Waals surface area contributed by atoms with Crippen molar-refractivity contribution in [2.75, 3.05) is 19.0 Å². The molecule has 2 aromatic rings. The molecule has 2 aliphatic rings. The highest BCUT2D eigenvalue weighted by Crippen LogP contribution is 2.37. The number of ether oxygens (including phenoxy) is 2. The summed E-state index contributed by atoms with van der Waals surface area (Å²) in [6.07, 6.45) is 6.89. The average molecular weight is 509 g/mol. The normalized spacial score (nSPS) is 17.5. The van der Waals surface area contributed by atoms with Gasteiger partial charge < -0.3 is 19.7 Å². The first-order valence-corrected chi connectivity index (χ1v) is 12.4. The number of hydrogen-bond donors (Lipinski definition) is 1. The van der Waals surface area contributed by atoms with Crippen molar-refractivity contribution in [2.24, 2.45) is 0 Å². The fraction of sp³-hybridized carbons (Fsp3) is 0.321. The molecular formula is C28H29ClN2O5. The Morgan fingerprint density at radius 1 is 1.08 bits per heavy atom. The van der Waals surface area contributed by atoms with Crippen LogP contribution in [0.15, 0.2) is 65.4 Å². The summed E-state index contributed by atoms with van der Waals surface area (Å²) in [7, 11) is 1.32. The molecule has 2 aromatic carbocycles. The van der Waals surface area contributed by atoms with Gasteiger partial charge in [0.1, 0.15) is 5.75 Å². The van der Waals surface area contributed by atoms with Crippen LogP contribution in [0.5, 0.6) is 5.75 Å². The highest BCUT2D eigenvalue weighted by atomic mass is 35.5. The lowest BCUT2D eigenvalue weighted by molar-refractivity contribution is -0.136. The number of methoxy groups -OCH3 is 1. The summed E-state index contributed by atoms with van der Waals surface area (Å²) in [5, 5.41) is 3.15. The molecule has 0 bridgehead atoms. The maximum absolute atomic E-state index is 13.4. The molecule has 1 fully saturated rings. The van der Waals surface area contributed by atoms with E-state index in [9.17, 15) is 14.4 Å². The van der Waals surface area contributed by atoms with E-state index in [1.165, 1.54) is 13.5 Å². The molecule has 1 saturated carbocycles. The number of rotatable bonds is 7. The Labute approximate surface area is 215 Å². The zero-order valence-electron chi connectivity index (χ0n) is 20.4. The summed E-state index contributed by atoms with van der Waals surface area (Å²) in [5.41, 5.74) is 2.53. The van der Waals surface area contributed by atoms with Crippen LogP contribution in [0.3, 0.4) is 0 Å². The SMILES string of the molecule is COC(=O)C1=C(C)N(C2CCCCC2)C(=O)/C1=C\c1ccc(OCC(=O)Nc2ccccc2Cl)cc1. The summed E-state index contributed by atoms with van der Waals surface area (Å²) < 4.78 is 10.6. The van der Waals surface area contributed by atoms with Gasteiger partial charge in [0.2, 0.25) is 0 Å². The molecule has 0 atom stereocenters. The summed E-state index contributed by atoms with van der Waals surface area (Å²) >= 11 is 6.06. The summed E-state index contributed by atoms with van der Waals surface area (Å²) in [6, 6.07) is 14.0. The van der Waals surface area contributed by atoms with E-state index in [1.807, 2.05) is 6.92 Å². The Morgan fingerprint density at radius 2 is 1.78 bits per heavy atom. The van der Waals surface area contributed by atoms with Crippen molar-refractivity contribution in [1.29, 1.82) is 0 Å². The third-order valence-corrected chi connectivity index (χ3v) is 6.81. The van der Waals surface area contributed by atoms with Crippen LogP contribution in [-0.4, -0.2) is 42.4 Å². The molecule has 4 rings (SSSR count). The van der Waals surface area contributed by atoms with Crippen LogP contribution in [-0.2, 0) is 19.1 Å². The smallest absolute Gasteiger partial charge is 0.340 e. The lowest BCUT2D eigenvalue weighted by atomic mass is 9.94. The predicted molar refractivity (Wildman–Crippen MR) is 138 cm³/mol. The molecule has 8 heteroatoms. The van der Waals surface area contributed by atoms with Crippen LogP contribution in [0.25, 0.3) is 6.08 Å². The molecular weight excluding hydrogens is 480 g/mol. The number of carbonyl (C=O) groups excluding carboxylic acids is 3. The van der Waals surface area contributed by atoms with Crippen LogP contribution in [0.2, 0.25) is 5.02 Å². The lowest BCUT2D eigenvalue weighted by Gasteiger charge is -2.32. The highest BCUT2D eigenvalue weighted by Gasteiger charge is 2.40. The van der Waals surface area contributed by atoms with Gasteiger partial charge in [0.25, 0.3) is 11.8 Å². The number of esters is 1. The van der Waals surface area contributed by atoms with Gasteiger partial charge in [-0.2, -0.15) is 0 Å². The van der Waals surface area contributed by atoms with E-state index in [1.54, 1.807) is 59.5 Å². The second-order valence-corrected chi connectivity index (χ2v) is 9.27. The average Bonchev–Trinajstić information content (AvgIpc) is 3.14. The molecule has 0 spiro atoms. The van der Waals surface area contributed by atoms with Crippen LogP contribution in [0.1, 0.15) is 44.6 Å². The largest absolute Gasteiger partial charge is 0.484 e. The van der Waals surface area contributed by atoms with Gasteiger partial charge in [0.15, 0.2) is 6.61 Å². The number of carbonyl (C=O) groups is 3. The maximum Gasteiger partial charge on any atom is 0.340 e. The van der Waals surface area contributed by atoms with Crippen LogP contribution < -0.4 is 10.1 Å². The zero-order chi connectivity index (χ0) is 25.7. The standard InChI is InChI=1S/C28H29ClN2O5/c1-18-26(28(34)35-2)22(27(33)31(18)20-8-4-3-5-9-20)16-19-12-14-21(15-13-19)36-17-25(32)30-24-11-7-6-10-23(24)29/h6-7,10-16,20H,3-5,8-9,17H2,1-2H3,(H,30,32)/b22-16-. The number of hydrogen-bond acceptors (Lipinski definition) is 5. The molecule has 0 unspecified atom stereocenters. The van der Waals surface area contributed by atoms with Gasteiger partial charge in [-0.25, -0.2) is 4.79 Å². The molecule has 1 aliphatic heterocycles. The van der Waals surface area contributed by atoms with Crippen LogP contribution in [0, 0.1) is 0 Å². The fourth-order valence-electron chi connectivity index (χ4n) is 4.70. The van der Waals surface area contributed by atoms with Crippen molar-refractivity contribution in [3.8, 4) is 5.75 Å². The number of para-hydroxylation sites is 1. The number of amides is 2. The number of nitrogens with zero attached hydrogens (tertiary/aromatic N) is 1. The Bertz CT molecular complexity index is 1210. The van der Waals surface area contributed by atoms with Gasteiger partial charge in [0.05, 0.1) is 29.0 Å². The summed E-state index contributed by atoms with van der Waals surface area (Å²) in [4.78, 5) is 40.0. The molecule has 1 heterocycles. The van der Waals surface area contributed by atoms with Crippen molar-refractivity contribution in [3.05, 3.63) is 76.0 Å². The third-order valence-electron chi connectivity index (χ3n) is 6.48. The van der Waals surface area contributed by atoms with E-state index in [-0.39, 0.29) is 24.5 Å². The highest BCUT2D eigenvalue weighted by molar-refractivity contribution is 6.33. The summed E-state index contributed by atoms with van der Waals surface area (Å²) in [6.45, 7) is 1.62. The van der Waals surface area contributed by atoms with Gasteiger partial charge in [-0.05, 0) is 55.7 Å². The van der Waals surface area contributed by atoms with Gasteiger partial charge in [-0.15, -0.1) is 0 Å². The summed E-state index contributed by atoms with van der Waals surface area (Å²) in [5.74, 6) is -0.531. The lowest BCUT2D eigenvalue weighted by Crippen LogP contribution is -2.37. The second-order valence-electron chi connectivity index (χ2n) is 8.86. The maximum atomic E-state index is 13.4. The van der Waals surface area contributed by atoms with Gasteiger partial charge in [0, 0.05) is 11.7 Å². The molecule has 0 radical (unpaired) electrons. The molecule has 2 amide bonds. The molecule has 1 N–H and O–H groups in total. The van der Waals surface area contributed by atoms with Gasteiger partial charge >= 0.3 is 5.97 Å². The minimum Gasteiger partial charge on any atom is -0.484 e. The Morgan fingerprint density at radius 3 is 2.44 bits per heavy atom. The van der Waals surface area contributed by atoms with Gasteiger partial charge in [-0.1, -0.05) is 55.1 Å². The minimum atomic E-state index is -0.519. The first-order valence-electron chi connectivity index (χ1n) is 12.0. The Balaban J connectivity index is 1.46. The van der Waals surface area contributed by atoms with E-state index in [0.717, 1.165) is 31.2 Å². The van der Waals surface area contributed by atoms with E-state index in [4.69, 9.17) is 21.1 Å². The van der Waals surface area contributed by atoms with Crippen LogP contribution >= 0.6 is 11.6 Å². The first-order chi connectivity index (χ1) is 17.4. The van der Waals surface area contributed by atoms with Crippen LogP contribution in [0.4, 0.5) is 5.69 Å². The topological polar surface area (TPSA) is 84.9 Å². The number of anilines is 1. The Hall–Kier alpha value is -3.58. The van der Waals surface area contributed by atoms with Crippen molar-refractivity contribution < 1.29 is 23.9 Å². The van der Waals surface area contributed by atoms with Crippen molar-refractivity contribution in [3.63, 3.8) is 0 Å². The molecule has 0 aromatic heterocycles. The monoisotopic (exact) mass is 508 g/mol. The molecule has 0 saturated heterocycles. The molecule has 7 nitrogen and oxygen atoms in total. The van der Waals surface area contributed by atoms with Gasteiger partial charge in [-0.3, -0.25) is 9.59 Å². The minimum absolute atomic E-state index is 0.101. The fourth-order valence-corrected chi connectivity index (χ4v) is 4.88. The van der Waals surface area contributed by atoms with E-state index in [2.05, 4.69) is 5.32 Å². The number of nitrogens with one attached hydrogen (secondary N) is 1. The number of allylic oxidation sites excluding steroid dienone is 1. The van der Waals surface area contributed by atoms with E-state index < -0.39 is 5.97 Å². The van der Waals surface area contributed by atoms with Crippen molar-refractivity contribution >= 4 is 41.1 Å². The molecule has 188 valence electrons. The van der Waals surface area contributed by atoms with E-state index >= 15 is 0 Å². The Kier molecular flexibility index (Phi) is 8.10. The second kappa shape index (κ2) is 11.4. The first kappa shape index (κ1) is 25.5. The quantitative estimate of drug-likeness (QED) is 0.402. The third kappa shape index (κ3) is 5.62. The van der Waals surface area contributed by atoms with Crippen molar-refractivity contribution in [1.82, 2.24) is 4.90 Å². The molecule has 1 aliphatic carbocycles.